The average Bonchev–Trinajstić information content (AvgIpc) is 2.33. The maximum absolute atomic E-state index is 9.20. The molecule has 3 nitrogen and oxygen atoms in total. The van der Waals surface area contributed by atoms with Gasteiger partial charge in [0.25, 0.3) is 0 Å². The molecule has 0 aliphatic carbocycles. The maximum atomic E-state index is 9.20. The molecule has 0 fully saturated rings. The van der Waals surface area contributed by atoms with Crippen molar-refractivity contribution in [3.63, 3.8) is 0 Å². The predicted octanol–water partition coefficient (Wildman–Crippen LogP) is 3.29. The molecule has 4 heteroatoms. The van der Waals surface area contributed by atoms with Crippen molar-refractivity contribution in [3.05, 3.63) is 42.4 Å². The van der Waals surface area contributed by atoms with Crippen molar-refractivity contribution >= 4 is 11.8 Å². The van der Waals surface area contributed by atoms with Gasteiger partial charge < -0.3 is 5.11 Å². The normalized spacial score (nSPS) is 10.4. The Bertz CT molecular complexity index is 485. The van der Waals surface area contributed by atoms with Crippen molar-refractivity contribution in [3.8, 4) is 5.75 Å². The highest BCUT2D eigenvalue weighted by Crippen LogP contribution is 2.27. The highest BCUT2D eigenvalue weighted by atomic mass is 32.2. The number of nitrogens with zero attached hydrogens (tertiary/aromatic N) is 2. The van der Waals surface area contributed by atoms with E-state index in [-0.39, 0.29) is 5.75 Å². The molecule has 1 aromatic heterocycles. The van der Waals surface area contributed by atoms with Gasteiger partial charge in [0.05, 0.1) is 0 Å². The molecule has 1 aromatic carbocycles. The summed E-state index contributed by atoms with van der Waals surface area (Å²) in [5.41, 5.74) is 1.07. The highest BCUT2D eigenvalue weighted by Gasteiger charge is 2.01. The molecular weight excluding hydrogens is 232 g/mol. The van der Waals surface area contributed by atoms with Crippen LogP contribution in [-0.2, 0) is 6.42 Å². The van der Waals surface area contributed by atoms with Crippen molar-refractivity contribution in [1.29, 1.82) is 0 Å². The summed E-state index contributed by atoms with van der Waals surface area (Å²) in [6.07, 6.45) is 3.67. The first-order valence-corrected chi connectivity index (χ1v) is 6.37. The SMILES string of the molecule is CCCc1cc(Sc2ccc(O)cc2)ncn1. The second-order valence-electron chi connectivity index (χ2n) is 3.69. The van der Waals surface area contributed by atoms with Gasteiger partial charge in [0.15, 0.2) is 0 Å². The summed E-state index contributed by atoms with van der Waals surface area (Å²) in [4.78, 5) is 9.51. The Hall–Kier alpha value is -1.55. The molecule has 88 valence electrons. The Morgan fingerprint density at radius 3 is 2.65 bits per heavy atom. The van der Waals surface area contributed by atoms with Gasteiger partial charge in [0, 0.05) is 10.6 Å². The van der Waals surface area contributed by atoms with E-state index in [0.717, 1.165) is 28.5 Å². The number of phenolic OH excluding ortho intramolecular Hbond substituents is 1. The summed E-state index contributed by atoms with van der Waals surface area (Å²) >= 11 is 1.57. The van der Waals surface area contributed by atoms with Crippen LogP contribution in [0.5, 0.6) is 5.75 Å². The Kier molecular flexibility index (Phi) is 3.98. The number of benzene rings is 1. The Morgan fingerprint density at radius 1 is 1.18 bits per heavy atom. The van der Waals surface area contributed by atoms with Crippen LogP contribution in [-0.4, -0.2) is 15.1 Å². The number of aryl methyl sites for hydroxylation is 1. The smallest absolute Gasteiger partial charge is 0.116 e. The highest BCUT2D eigenvalue weighted by molar-refractivity contribution is 7.99. The van der Waals surface area contributed by atoms with Gasteiger partial charge in [0.1, 0.15) is 17.1 Å². The van der Waals surface area contributed by atoms with Crippen LogP contribution in [0, 0.1) is 0 Å². The van der Waals surface area contributed by atoms with Gasteiger partial charge in [0.2, 0.25) is 0 Å². The molecular formula is C13H14N2OS. The minimum Gasteiger partial charge on any atom is -0.508 e. The summed E-state index contributed by atoms with van der Waals surface area (Å²) < 4.78 is 0. The van der Waals surface area contributed by atoms with E-state index in [9.17, 15) is 5.11 Å². The van der Waals surface area contributed by atoms with E-state index < -0.39 is 0 Å². The monoisotopic (exact) mass is 246 g/mol. The Morgan fingerprint density at radius 2 is 1.94 bits per heavy atom. The van der Waals surface area contributed by atoms with Gasteiger partial charge in [-0.1, -0.05) is 25.1 Å². The molecule has 0 aliphatic heterocycles. The van der Waals surface area contributed by atoms with E-state index in [1.54, 1.807) is 30.2 Å². The van der Waals surface area contributed by atoms with Gasteiger partial charge in [-0.25, -0.2) is 9.97 Å². The molecule has 0 radical (unpaired) electrons. The number of aromatic nitrogens is 2. The third-order valence-corrected chi connectivity index (χ3v) is 3.20. The third-order valence-electron chi connectivity index (χ3n) is 2.26. The molecule has 0 saturated heterocycles. The average molecular weight is 246 g/mol. The predicted molar refractivity (Wildman–Crippen MR) is 68.3 cm³/mol. The van der Waals surface area contributed by atoms with Crippen LogP contribution < -0.4 is 0 Å². The van der Waals surface area contributed by atoms with Crippen molar-refractivity contribution < 1.29 is 5.11 Å². The second kappa shape index (κ2) is 5.68. The summed E-state index contributed by atoms with van der Waals surface area (Å²) in [5.74, 6) is 0.281. The summed E-state index contributed by atoms with van der Waals surface area (Å²) in [6.45, 7) is 2.13. The fourth-order valence-corrected chi connectivity index (χ4v) is 2.27. The molecule has 17 heavy (non-hydrogen) atoms. The zero-order chi connectivity index (χ0) is 12.1. The lowest BCUT2D eigenvalue weighted by Gasteiger charge is -2.03. The minimum atomic E-state index is 0.281. The fraction of sp³-hybridized carbons (Fsp3) is 0.231. The lowest BCUT2D eigenvalue weighted by molar-refractivity contribution is 0.475. The molecule has 0 atom stereocenters. The van der Waals surface area contributed by atoms with Gasteiger partial charge in [-0.2, -0.15) is 0 Å². The lowest BCUT2D eigenvalue weighted by Crippen LogP contribution is -1.91. The molecule has 0 bridgehead atoms. The quantitative estimate of drug-likeness (QED) is 0.841. The van der Waals surface area contributed by atoms with Gasteiger partial charge in [-0.05, 0) is 36.8 Å². The number of hydrogen-bond donors (Lipinski definition) is 1. The minimum absolute atomic E-state index is 0.281. The Balaban J connectivity index is 2.12. The summed E-state index contributed by atoms with van der Waals surface area (Å²) in [6, 6.07) is 9.12. The second-order valence-corrected chi connectivity index (χ2v) is 4.79. The van der Waals surface area contributed by atoms with E-state index in [2.05, 4.69) is 16.9 Å². The zero-order valence-corrected chi connectivity index (χ0v) is 10.4. The van der Waals surface area contributed by atoms with E-state index in [4.69, 9.17) is 0 Å². The number of aromatic hydroxyl groups is 1. The zero-order valence-electron chi connectivity index (χ0n) is 9.63. The van der Waals surface area contributed by atoms with E-state index in [1.165, 1.54) is 0 Å². The summed E-state index contributed by atoms with van der Waals surface area (Å²) in [5, 5.41) is 10.1. The van der Waals surface area contributed by atoms with Crippen LogP contribution in [0.2, 0.25) is 0 Å². The third kappa shape index (κ3) is 3.46. The van der Waals surface area contributed by atoms with E-state index >= 15 is 0 Å². The molecule has 0 amide bonds. The van der Waals surface area contributed by atoms with Gasteiger partial charge >= 0.3 is 0 Å². The Labute approximate surface area is 105 Å². The van der Waals surface area contributed by atoms with E-state index in [1.807, 2.05) is 18.2 Å². The van der Waals surface area contributed by atoms with Crippen LogP contribution in [0.3, 0.4) is 0 Å². The van der Waals surface area contributed by atoms with Crippen LogP contribution >= 0.6 is 11.8 Å². The van der Waals surface area contributed by atoms with E-state index in [0.29, 0.717) is 0 Å². The number of phenols is 1. The van der Waals surface area contributed by atoms with Crippen LogP contribution in [0.1, 0.15) is 19.0 Å². The molecule has 0 aliphatic rings. The maximum Gasteiger partial charge on any atom is 0.116 e. The molecule has 0 spiro atoms. The molecule has 2 aromatic rings. The first-order valence-electron chi connectivity index (χ1n) is 5.55. The largest absolute Gasteiger partial charge is 0.508 e. The molecule has 2 rings (SSSR count). The first-order chi connectivity index (χ1) is 8.28. The topological polar surface area (TPSA) is 46.0 Å². The van der Waals surface area contributed by atoms with Crippen LogP contribution in [0.15, 0.2) is 46.6 Å². The van der Waals surface area contributed by atoms with Crippen molar-refractivity contribution in [2.45, 2.75) is 29.7 Å². The van der Waals surface area contributed by atoms with Crippen LogP contribution in [0.4, 0.5) is 0 Å². The molecule has 1 heterocycles. The fourth-order valence-electron chi connectivity index (χ4n) is 1.46. The first kappa shape index (κ1) is 11.9. The van der Waals surface area contributed by atoms with Gasteiger partial charge in [-0.15, -0.1) is 0 Å². The number of hydrogen-bond acceptors (Lipinski definition) is 4. The standard InChI is InChI=1S/C13H14N2OS/c1-2-3-10-8-13(15-9-14-10)17-12-6-4-11(16)5-7-12/h4-9,16H,2-3H2,1H3. The van der Waals surface area contributed by atoms with Gasteiger partial charge in [-0.3, -0.25) is 0 Å². The summed E-state index contributed by atoms with van der Waals surface area (Å²) in [7, 11) is 0. The molecule has 0 saturated carbocycles. The number of rotatable bonds is 4. The lowest BCUT2D eigenvalue weighted by atomic mass is 10.2. The molecule has 0 unspecified atom stereocenters. The van der Waals surface area contributed by atoms with Crippen molar-refractivity contribution in [1.82, 2.24) is 9.97 Å². The van der Waals surface area contributed by atoms with Crippen molar-refractivity contribution in [2.24, 2.45) is 0 Å². The van der Waals surface area contributed by atoms with Crippen LogP contribution in [0.25, 0.3) is 0 Å². The van der Waals surface area contributed by atoms with Crippen molar-refractivity contribution in [2.75, 3.05) is 0 Å². The molecule has 1 N–H and O–H groups in total.